The topological polar surface area (TPSA) is 58.6 Å². The first kappa shape index (κ1) is 20.3. The third-order valence-corrected chi connectivity index (χ3v) is 5.13. The summed E-state index contributed by atoms with van der Waals surface area (Å²) >= 11 is 0. The van der Waals surface area contributed by atoms with E-state index < -0.39 is 5.82 Å². The van der Waals surface area contributed by atoms with Crippen LogP contribution in [0.3, 0.4) is 0 Å². The number of nitrogens with zero attached hydrogens (tertiary/aromatic N) is 1. The zero-order chi connectivity index (χ0) is 21.8. The number of ether oxygens (including phenoxy) is 1. The maximum atomic E-state index is 13.7. The summed E-state index contributed by atoms with van der Waals surface area (Å²) < 4.78 is 18.6. The highest BCUT2D eigenvalue weighted by molar-refractivity contribution is 6.08. The van der Waals surface area contributed by atoms with Crippen LogP contribution in [-0.2, 0) is 11.2 Å². The molecule has 1 aliphatic rings. The molecule has 2 amide bonds. The Kier molecular flexibility index (Phi) is 5.80. The molecule has 0 unspecified atom stereocenters. The zero-order valence-electron chi connectivity index (χ0n) is 17.0. The molecule has 1 N–H and O–H groups in total. The maximum absolute atomic E-state index is 13.7. The fraction of sp³-hybridized carbons (Fsp3) is 0.120. The Balaban J connectivity index is 1.39. The zero-order valence-corrected chi connectivity index (χ0v) is 17.0. The molecular weight excluding hydrogens is 395 g/mol. The van der Waals surface area contributed by atoms with Crippen molar-refractivity contribution >= 4 is 29.3 Å². The molecular formula is C25H21FN2O3. The van der Waals surface area contributed by atoms with Gasteiger partial charge in [-0.3, -0.25) is 9.59 Å². The lowest BCUT2D eigenvalue weighted by Crippen LogP contribution is -2.28. The molecule has 0 aromatic heterocycles. The van der Waals surface area contributed by atoms with Gasteiger partial charge in [-0.1, -0.05) is 24.3 Å². The SMILES string of the molecule is COc1ccc(/C=C/C(=O)Nc2ccc(C(=O)N3CCc4ccccc43)cc2)cc1F. The van der Waals surface area contributed by atoms with E-state index in [1.807, 2.05) is 24.3 Å². The molecule has 6 heteroatoms. The molecule has 0 radical (unpaired) electrons. The summed E-state index contributed by atoms with van der Waals surface area (Å²) in [4.78, 5) is 26.8. The van der Waals surface area contributed by atoms with Crippen LogP contribution in [-0.4, -0.2) is 25.5 Å². The van der Waals surface area contributed by atoms with E-state index in [2.05, 4.69) is 5.32 Å². The number of hydrogen-bond acceptors (Lipinski definition) is 3. The number of rotatable bonds is 5. The second-order valence-corrected chi connectivity index (χ2v) is 7.13. The summed E-state index contributed by atoms with van der Waals surface area (Å²) in [7, 11) is 1.39. The number of nitrogens with one attached hydrogen (secondary N) is 1. The number of methoxy groups -OCH3 is 1. The Morgan fingerprint density at radius 1 is 1.06 bits per heavy atom. The summed E-state index contributed by atoms with van der Waals surface area (Å²) in [6.07, 6.45) is 3.68. The van der Waals surface area contributed by atoms with Gasteiger partial charge in [-0.15, -0.1) is 0 Å². The minimum absolute atomic E-state index is 0.0655. The molecule has 156 valence electrons. The largest absolute Gasteiger partial charge is 0.494 e. The molecule has 5 nitrogen and oxygen atoms in total. The van der Waals surface area contributed by atoms with Crippen molar-refractivity contribution < 1.29 is 18.7 Å². The summed E-state index contributed by atoms with van der Waals surface area (Å²) in [6.45, 7) is 0.660. The molecule has 0 bridgehead atoms. The quantitative estimate of drug-likeness (QED) is 0.614. The Hall–Kier alpha value is -3.93. The monoisotopic (exact) mass is 416 g/mol. The van der Waals surface area contributed by atoms with E-state index in [4.69, 9.17) is 4.74 Å². The normalized spacial score (nSPS) is 12.6. The van der Waals surface area contributed by atoms with Crippen LogP contribution in [0.1, 0.15) is 21.5 Å². The van der Waals surface area contributed by atoms with Crippen molar-refractivity contribution in [1.29, 1.82) is 0 Å². The summed E-state index contributed by atoms with van der Waals surface area (Å²) in [6, 6.07) is 19.1. The molecule has 0 atom stereocenters. The van der Waals surface area contributed by atoms with Gasteiger partial charge in [0, 0.05) is 29.6 Å². The molecule has 0 spiro atoms. The van der Waals surface area contributed by atoms with Gasteiger partial charge in [-0.2, -0.15) is 0 Å². The van der Waals surface area contributed by atoms with E-state index in [0.29, 0.717) is 23.4 Å². The molecule has 0 saturated heterocycles. The molecule has 3 aromatic rings. The first-order chi connectivity index (χ1) is 15.0. The summed E-state index contributed by atoms with van der Waals surface area (Å²) in [5.74, 6) is -0.771. The van der Waals surface area contributed by atoms with Crippen LogP contribution < -0.4 is 15.0 Å². The lowest BCUT2D eigenvalue weighted by Gasteiger charge is -2.17. The molecule has 0 saturated carbocycles. The van der Waals surface area contributed by atoms with E-state index in [9.17, 15) is 14.0 Å². The Bertz CT molecular complexity index is 1160. The molecule has 1 aliphatic heterocycles. The molecule has 4 rings (SSSR count). The third-order valence-electron chi connectivity index (χ3n) is 5.13. The van der Waals surface area contributed by atoms with Crippen LogP contribution in [0.2, 0.25) is 0 Å². The van der Waals surface area contributed by atoms with Crippen molar-refractivity contribution in [2.75, 3.05) is 23.9 Å². The first-order valence-electron chi connectivity index (χ1n) is 9.87. The van der Waals surface area contributed by atoms with Gasteiger partial charge in [0.2, 0.25) is 5.91 Å². The third kappa shape index (κ3) is 4.48. The van der Waals surface area contributed by atoms with Crippen LogP contribution in [0.4, 0.5) is 15.8 Å². The molecule has 0 aliphatic carbocycles. The lowest BCUT2D eigenvalue weighted by atomic mass is 10.1. The number of halogens is 1. The van der Waals surface area contributed by atoms with Crippen molar-refractivity contribution in [3.8, 4) is 5.75 Å². The van der Waals surface area contributed by atoms with Gasteiger partial charge in [0.25, 0.3) is 5.91 Å². The van der Waals surface area contributed by atoms with Crippen molar-refractivity contribution in [2.45, 2.75) is 6.42 Å². The van der Waals surface area contributed by atoms with Crippen LogP contribution in [0.15, 0.2) is 72.8 Å². The summed E-state index contributed by atoms with van der Waals surface area (Å²) in [5, 5.41) is 2.73. The molecule has 1 heterocycles. The van der Waals surface area contributed by atoms with Gasteiger partial charge in [0.15, 0.2) is 11.6 Å². The minimum Gasteiger partial charge on any atom is -0.494 e. The van der Waals surface area contributed by atoms with E-state index in [1.54, 1.807) is 35.2 Å². The van der Waals surface area contributed by atoms with Crippen molar-refractivity contribution in [2.24, 2.45) is 0 Å². The minimum atomic E-state index is -0.495. The predicted molar refractivity (Wildman–Crippen MR) is 119 cm³/mol. The van der Waals surface area contributed by atoms with E-state index in [0.717, 1.165) is 12.1 Å². The Labute approximate surface area is 179 Å². The van der Waals surface area contributed by atoms with Gasteiger partial charge in [-0.05, 0) is 66.1 Å². The Morgan fingerprint density at radius 3 is 2.58 bits per heavy atom. The first-order valence-corrected chi connectivity index (χ1v) is 9.87. The van der Waals surface area contributed by atoms with Crippen LogP contribution in [0, 0.1) is 5.82 Å². The molecule has 3 aromatic carbocycles. The van der Waals surface area contributed by atoms with Gasteiger partial charge >= 0.3 is 0 Å². The number of carbonyl (C=O) groups is 2. The second kappa shape index (κ2) is 8.83. The number of amides is 2. The van der Waals surface area contributed by atoms with Gasteiger partial charge in [0.05, 0.1) is 7.11 Å². The van der Waals surface area contributed by atoms with E-state index in [1.165, 1.54) is 37.0 Å². The fourth-order valence-corrected chi connectivity index (χ4v) is 3.54. The van der Waals surface area contributed by atoms with E-state index >= 15 is 0 Å². The summed E-state index contributed by atoms with van der Waals surface area (Å²) in [5.41, 5.74) is 3.78. The number of para-hydroxylation sites is 1. The number of benzene rings is 3. The van der Waals surface area contributed by atoms with Gasteiger partial charge in [-0.25, -0.2) is 4.39 Å². The highest BCUT2D eigenvalue weighted by atomic mass is 19.1. The number of fused-ring (bicyclic) bond motifs is 1. The standard InChI is InChI=1S/C25H21FN2O3/c1-31-23-12-6-17(16-21(23)26)7-13-24(29)27-20-10-8-19(9-11-20)25(30)28-15-14-18-4-2-3-5-22(18)28/h2-13,16H,14-15H2,1H3,(H,27,29)/b13-7+. The average molecular weight is 416 g/mol. The van der Waals surface area contributed by atoms with Crippen LogP contribution in [0.5, 0.6) is 5.75 Å². The fourth-order valence-electron chi connectivity index (χ4n) is 3.54. The second-order valence-electron chi connectivity index (χ2n) is 7.13. The molecule has 31 heavy (non-hydrogen) atoms. The Morgan fingerprint density at radius 2 is 1.84 bits per heavy atom. The van der Waals surface area contributed by atoms with E-state index in [-0.39, 0.29) is 17.6 Å². The highest BCUT2D eigenvalue weighted by Crippen LogP contribution is 2.29. The van der Waals surface area contributed by atoms with Crippen molar-refractivity contribution in [3.05, 3.63) is 95.3 Å². The van der Waals surface area contributed by atoms with Crippen LogP contribution >= 0.6 is 0 Å². The van der Waals surface area contributed by atoms with Crippen molar-refractivity contribution in [1.82, 2.24) is 0 Å². The maximum Gasteiger partial charge on any atom is 0.258 e. The smallest absolute Gasteiger partial charge is 0.258 e. The lowest BCUT2D eigenvalue weighted by molar-refractivity contribution is -0.111. The average Bonchev–Trinajstić information content (AvgIpc) is 3.22. The number of carbonyl (C=O) groups excluding carboxylic acids is 2. The van der Waals surface area contributed by atoms with Gasteiger partial charge < -0.3 is 15.0 Å². The molecule has 0 fully saturated rings. The number of anilines is 2. The van der Waals surface area contributed by atoms with Crippen LogP contribution in [0.25, 0.3) is 6.08 Å². The van der Waals surface area contributed by atoms with Crippen molar-refractivity contribution in [3.63, 3.8) is 0 Å². The highest BCUT2D eigenvalue weighted by Gasteiger charge is 2.24. The van der Waals surface area contributed by atoms with Gasteiger partial charge in [0.1, 0.15) is 0 Å². The number of hydrogen-bond donors (Lipinski definition) is 1. The predicted octanol–water partition coefficient (Wildman–Crippen LogP) is 4.69.